The SMILES string of the molecule is Cl.O=C(O)[C@@H]1CCCC[C@@H]1n1cncn1. The molecule has 0 spiro atoms. The van der Waals surface area contributed by atoms with Crippen LogP contribution in [0.1, 0.15) is 31.7 Å². The van der Waals surface area contributed by atoms with Crippen molar-refractivity contribution in [3.8, 4) is 0 Å². The van der Waals surface area contributed by atoms with Crippen molar-refractivity contribution >= 4 is 18.4 Å². The molecule has 0 bridgehead atoms. The molecule has 1 aliphatic carbocycles. The predicted molar refractivity (Wildman–Crippen MR) is 55.9 cm³/mol. The number of nitrogens with zero attached hydrogens (tertiary/aromatic N) is 3. The van der Waals surface area contributed by atoms with Crippen LogP contribution in [0.2, 0.25) is 0 Å². The lowest BCUT2D eigenvalue weighted by Gasteiger charge is -2.28. The summed E-state index contributed by atoms with van der Waals surface area (Å²) < 4.78 is 1.68. The van der Waals surface area contributed by atoms with Gasteiger partial charge in [-0.3, -0.25) is 4.79 Å². The zero-order chi connectivity index (χ0) is 9.97. The Morgan fingerprint density at radius 2 is 2.13 bits per heavy atom. The zero-order valence-electron chi connectivity index (χ0n) is 8.24. The molecule has 0 aliphatic heterocycles. The molecular weight excluding hydrogens is 218 g/mol. The molecule has 1 aliphatic rings. The standard InChI is InChI=1S/C9H13N3O2.ClH/c13-9(14)7-3-1-2-4-8(7)12-6-10-5-11-12;/h5-8H,1-4H2,(H,13,14);1H/t7-,8+;/m1./s1. The van der Waals surface area contributed by atoms with Crippen LogP contribution in [0.5, 0.6) is 0 Å². The molecule has 2 atom stereocenters. The minimum Gasteiger partial charge on any atom is -0.481 e. The Bertz CT molecular complexity index is 315. The molecule has 1 aromatic heterocycles. The third kappa shape index (κ3) is 2.47. The molecule has 0 unspecified atom stereocenters. The maximum Gasteiger partial charge on any atom is 0.308 e. The van der Waals surface area contributed by atoms with Gasteiger partial charge >= 0.3 is 5.97 Å². The van der Waals surface area contributed by atoms with Gasteiger partial charge in [0.1, 0.15) is 12.7 Å². The molecule has 1 aromatic rings. The third-order valence-corrected chi connectivity index (χ3v) is 2.82. The first kappa shape index (κ1) is 12.0. The Labute approximate surface area is 93.9 Å². The van der Waals surface area contributed by atoms with Crippen LogP contribution < -0.4 is 0 Å². The molecule has 15 heavy (non-hydrogen) atoms. The summed E-state index contributed by atoms with van der Waals surface area (Å²) in [6, 6.07) is -0.0104. The van der Waals surface area contributed by atoms with Gasteiger partial charge in [0.2, 0.25) is 0 Å². The second kappa shape index (κ2) is 5.11. The molecule has 1 fully saturated rings. The summed E-state index contributed by atoms with van der Waals surface area (Å²) in [5, 5.41) is 13.1. The van der Waals surface area contributed by atoms with Gasteiger partial charge in [0, 0.05) is 0 Å². The Morgan fingerprint density at radius 3 is 2.73 bits per heavy atom. The summed E-state index contributed by atoms with van der Waals surface area (Å²) in [5.74, 6) is -1.02. The van der Waals surface area contributed by atoms with Crippen molar-refractivity contribution in [3.63, 3.8) is 0 Å². The lowest BCUT2D eigenvalue weighted by molar-refractivity contribution is -0.144. The number of aliphatic carboxylic acids is 1. The van der Waals surface area contributed by atoms with Gasteiger partial charge in [-0.25, -0.2) is 9.67 Å². The van der Waals surface area contributed by atoms with E-state index in [1.165, 1.54) is 6.33 Å². The van der Waals surface area contributed by atoms with Crippen LogP contribution in [-0.2, 0) is 4.79 Å². The van der Waals surface area contributed by atoms with E-state index in [1.807, 2.05) is 0 Å². The van der Waals surface area contributed by atoms with Crippen molar-refractivity contribution in [2.24, 2.45) is 5.92 Å². The average Bonchev–Trinajstić information content (AvgIpc) is 2.70. The first-order valence-corrected chi connectivity index (χ1v) is 4.86. The molecule has 1 saturated carbocycles. The summed E-state index contributed by atoms with van der Waals surface area (Å²) in [5.41, 5.74) is 0. The maximum atomic E-state index is 11.0. The number of carboxylic acids is 1. The van der Waals surface area contributed by atoms with Crippen LogP contribution in [0, 0.1) is 5.92 Å². The average molecular weight is 232 g/mol. The van der Waals surface area contributed by atoms with Gasteiger partial charge in [-0.2, -0.15) is 5.10 Å². The van der Waals surface area contributed by atoms with Gasteiger partial charge in [0.25, 0.3) is 0 Å². The fourth-order valence-corrected chi connectivity index (χ4v) is 2.10. The first-order chi connectivity index (χ1) is 6.79. The highest BCUT2D eigenvalue weighted by Crippen LogP contribution is 2.33. The van der Waals surface area contributed by atoms with E-state index >= 15 is 0 Å². The second-order valence-electron chi connectivity index (χ2n) is 3.67. The van der Waals surface area contributed by atoms with Crippen molar-refractivity contribution in [3.05, 3.63) is 12.7 Å². The molecule has 1 N–H and O–H groups in total. The van der Waals surface area contributed by atoms with Crippen LogP contribution in [0.25, 0.3) is 0 Å². The van der Waals surface area contributed by atoms with E-state index < -0.39 is 5.97 Å². The first-order valence-electron chi connectivity index (χ1n) is 4.86. The molecule has 0 aromatic carbocycles. The molecule has 0 radical (unpaired) electrons. The van der Waals surface area contributed by atoms with Crippen LogP contribution >= 0.6 is 12.4 Å². The molecule has 0 amide bonds. The van der Waals surface area contributed by atoms with E-state index in [0.717, 1.165) is 25.7 Å². The molecule has 1 heterocycles. The van der Waals surface area contributed by atoms with E-state index in [-0.39, 0.29) is 24.4 Å². The Kier molecular flexibility index (Phi) is 4.08. The summed E-state index contributed by atoms with van der Waals surface area (Å²) in [6.45, 7) is 0. The number of aromatic nitrogens is 3. The van der Waals surface area contributed by atoms with Gasteiger partial charge in [0.05, 0.1) is 12.0 Å². The summed E-state index contributed by atoms with van der Waals surface area (Å²) in [7, 11) is 0. The minimum atomic E-state index is -0.717. The van der Waals surface area contributed by atoms with Crippen molar-refractivity contribution in [2.75, 3.05) is 0 Å². The van der Waals surface area contributed by atoms with E-state index in [9.17, 15) is 4.79 Å². The Morgan fingerprint density at radius 1 is 1.40 bits per heavy atom. The van der Waals surface area contributed by atoms with Gasteiger partial charge in [-0.1, -0.05) is 12.8 Å². The van der Waals surface area contributed by atoms with Crippen molar-refractivity contribution in [1.82, 2.24) is 14.8 Å². The van der Waals surface area contributed by atoms with Crippen molar-refractivity contribution in [2.45, 2.75) is 31.7 Å². The van der Waals surface area contributed by atoms with E-state index in [2.05, 4.69) is 10.1 Å². The van der Waals surface area contributed by atoms with Crippen LogP contribution in [0.3, 0.4) is 0 Å². The number of carboxylic acid groups (broad SMARTS) is 1. The quantitative estimate of drug-likeness (QED) is 0.838. The van der Waals surface area contributed by atoms with Crippen LogP contribution in [0.4, 0.5) is 0 Å². The number of carbonyl (C=O) groups is 1. The Balaban J connectivity index is 0.00000112. The summed E-state index contributed by atoms with van der Waals surface area (Å²) in [6.07, 6.45) is 6.77. The van der Waals surface area contributed by atoms with Gasteiger partial charge in [-0.05, 0) is 12.8 Å². The van der Waals surface area contributed by atoms with Gasteiger partial charge < -0.3 is 5.11 Å². The lowest BCUT2D eigenvalue weighted by atomic mass is 9.85. The molecule has 6 heteroatoms. The van der Waals surface area contributed by atoms with Crippen molar-refractivity contribution in [1.29, 1.82) is 0 Å². The van der Waals surface area contributed by atoms with E-state index in [0.29, 0.717) is 0 Å². The van der Waals surface area contributed by atoms with Crippen LogP contribution in [0.15, 0.2) is 12.7 Å². The highest BCUT2D eigenvalue weighted by Gasteiger charge is 2.32. The molecular formula is C9H14ClN3O2. The number of hydrogen-bond acceptors (Lipinski definition) is 3. The van der Waals surface area contributed by atoms with Gasteiger partial charge in [-0.15, -0.1) is 12.4 Å². The third-order valence-electron chi connectivity index (χ3n) is 2.82. The fourth-order valence-electron chi connectivity index (χ4n) is 2.10. The van der Waals surface area contributed by atoms with Crippen molar-refractivity contribution < 1.29 is 9.90 Å². The highest BCUT2D eigenvalue weighted by molar-refractivity contribution is 5.85. The number of hydrogen-bond donors (Lipinski definition) is 1. The number of halogens is 1. The smallest absolute Gasteiger partial charge is 0.308 e. The fraction of sp³-hybridized carbons (Fsp3) is 0.667. The Hall–Kier alpha value is -1.10. The maximum absolute atomic E-state index is 11.0. The minimum absolute atomic E-state index is 0. The predicted octanol–water partition coefficient (Wildman–Crippen LogP) is 1.52. The number of rotatable bonds is 2. The molecule has 5 nitrogen and oxygen atoms in total. The monoisotopic (exact) mass is 231 g/mol. The molecule has 0 saturated heterocycles. The normalized spacial score (nSPS) is 25.6. The topological polar surface area (TPSA) is 68.0 Å². The summed E-state index contributed by atoms with van der Waals surface area (Å²) >= 11 is 0. The van der Waals surface area contributed by atoms with E-state index in [1.54, 1.807) is 11.0 Å². The lowest BCUT2D eigenvalue weighted by Crippen LogP contribution is -2.29. The highest BCUT2D eigenvalue weighted by atomic mass is 35.5. The summed E-state index contributed by atoms with van der Waals surface area (Å²) in [4.78, 5) is 14.8. The zero-order valence-corrected chi connectivity index (χ0v) is 9.06. The molecule has 84 valence electrons. The van der Waals surface area contributed by atoms with Crippen LogP contribution in [-0.4, -0.2) is 25.8 Å². The van der Waals surface area contributed by atoms with E-state index in [4.69, 9.17) is 5.11 Å². The second-order valence-corrected chi connectivity index (χ2v) is 3.67. The van der Waals surface area contributed by atoms with Gasteiger partial charge in [0.15, 0.2) is 0 Å². The molecule has 2 rings (SSSR count). The largest absolute Gasteiger partial charge is 0.481 e.